The number of carbonyl (C=O) groups excluding carboxylic acids is 2. The van der Waals surface area contributed by atoms with E-state index in [0.717, 1.165) is 11.3 Å². The van der Waals surface area contributed by atoms with Gasteiger partial charge in [-0.15, -0.1) is 11.3 Å². The molecule has 0 atom stereocenters. The fourth-order valence-electron chi connectivity index (χ4n) is 1.77. The minimum atomic E-state index is -0.523. The largest absolute Gasteiger partial charge is 0.462 e. The summed E-state index contributed by atoms with van der Waals surface area (Å²) in [5.74, 6) is -0.597. The number of Topliss-reactive ketones (excluding diaryl/α,β-unsaturated/α-hetero) is 1. The van der Waals surface area contributed by atoms with Crippen molar-refractivity contribution in [3.8, 4) is 0 Å². The van der Waals surface area contributed by atoms with Crippen LogP contribution in [0.3, 0.4) is 0 Å². The minimum Gasteiger partial charge on any atom is -0.462 e. The summed E-state index contributed by atoms with van der Waals surface area (Å²) >= 11 is 1.14. The first-order valence-electron chi connectivity index (χ1n) is 7.40. The first kappa shape index (κ1) is 17.9. The SMILES string of the molecule is CCOC(=O)c1cn[nH]c1C=c1sc(=CC(=O)C(C)(C)C)[nH]c1=O. The highest BCUT2D eigenvalue weighted by Gasteiger charge is 2.19. The predicted octanol–water partition coefficient (Wildman–Crippen LogP) is 0.561. The highest BCUT2D eigenvalue weighted by molar-refractivity contribution is 7.07. The van der Waals surface area contributed by atoms with Crippen molar-refractivity contribution in [2.75, 3.05) is 6.61 Å². The van der Waals surface area contributed by atoms with E-state index in [0.29, 0.717) is 14.9 Å². The molecule has 24 heavy (non-hydrogen) atoms. The third-order valence-electron chi connectivity index (χ3n) is 3.12. The smallest absolute Gasteiger partial charge is 0.341 e. The Bertz CT molecular complexity index is 928. The maximum atomic E-state index is 12.0. The van der Waals surface area contributed by atoms with E-state index >= 15 is 0 Å². The summed E-state index contributed by atoms with van der Waals surface area (Å²) in [5, 5.41) is 6.48. The van der Waals surface area contributed by atoms with Gasteiger partial charge in [-0.2, -0.15) is 5.10 Å². The number of aromatic amines is 2. The molecule has 0 fully saturated rings. The van der Waals surface area contributed by atoms with Crippen LogP contribution in [0, 0.1) is 5.41 Å². The Morgan fingerprint density at radius 3 is 2.71 bits per heavy atom. The average molecular weight is 349 g/mol. The van der Waals surface area contributed by atoms with Gasteiger partial charge < -0.3 is 9.72 Å². The van der Waals surface area contributed by atoms with Crippen molar-refractivity contribution in [2.24, 2.45) is 5.41 Å². The molecule has 0 aliphatic rings. The monoisotopic (exact) mass is 349 g/mol. The molecule has 0 aromatic carbocycles. The van der Waals surface area contributed by atoms with Gasteiger partial charge in [-0.05, 0) is 13.0 Å². The Labute approximate surface area is 142 Å². The van der Waals surface area contributed by atoms with Crippen LogP contribution in [-0.2, 0) is 9.53 Å². The second kappa shape index (κ2) is 6.96. The van der Waals surface area contributed by atoms with E-state index in [1.54, 1.807) is 27.7 Å². The van der Waals surface area contributed by atoms with Crippen molar-refractivity contribution in [2.45, 2.75) is 27.7 Å². The second-order valence-corrected chi connectivity index (χ2v) is 7.19. The molecule has 0 radical (unpaired) electrons. The van der Waals surface area contributed by atoms with Crippen LogP contribution < -0.4 is 14.8 Å². The molecule has 0 aliphatic heterocycles. The van der Waals surface area contributed by atoms with Gasteiger partial charge in [-0.1, -0.05) is 20.8 Å². The van der Waals surface area contributed by atoms with E-state index in [1.165, 1.54) is 18.3 Å². The fraction of sp³-hybridized carbons (Fsp3) is 0.375. The van der Waals surface area contributed by atoms with Crippen molar-refractivity contribution in [1.29, 1.82) is 0 Å². The Hall–Kier alpha value is -2.48. The van der Waals surface area contributed by atoms with Gasteiger partial charge in [0.15, 0.2) is 5.78 Å². The lowest BCUT2D eigenvalue weighted by Crippen LogP contribution is -2.22. The van der Waals surface area contributed by atoms with Gasteiger partial charge in [0.1, 0.15) is 5.56 Å². The highest BCUT2D eigenvalue weighted by Crippen LogP contribution is 2.14. The topological polar surface area (TPSA) is 105 Å². The summed E-state index contributed by atoms with van der Waals surface area (Å²) in [6.07, 6.45) is 4.28. The molecule has 2 aromatic rings. The highest BCUT2D eigenvalue weighted by atomic mass is 32.1. The number of thiazole rings is 1. The molecule has 8 heteroatoms. The molecule has 0 amide bonds. The van der Waals surface area contributed by atoms with Crippen LogP contribution in [0.4, 0.5) is 0 Å². The second-order valence-electron chi connectivity index (χ2n) is 6.11. The molecule has 2 aromatic heterocycles. The fourth-order valence-corrected chi connectivity index (χ4v) is 2.64. The van der Waals surface area contributed by atoms with E-state index in [4.69, 9.17) is 4.74 Å². The molecule has 2 rings (SSSR count). The maximum absolute atomic E-state index is 12.0. The van der Waals surface area contributed by atoms with Crippen LogP contribution >= 0.6 is 11.3 Å². The zero-order chi connectivity index (χ0) is 17.9. The number of esters is 1. The molecule has 2 heterocycles. The van der Waals surface area contributed by atoms with E-state index < -0.39 is 11.4 Å². The molecule has 0 bridgehead atoms. The molecule has 0 saturated heterocycles. The van der Waals surface area contributed by atoms with Crippen LogP contribution in [0.2, 0.25) is 0 Å². The van der Waals surface area contributed by atoms with Crippen LogP contribution in [0.1, 0.15) is 43.7 Å². The Morgan fingerprint density at radius 1 is 1.38 bits per heavy atom. The van der Waals surface area contributed by atoms with Crippen molar-refractivity contribution in [3.63, 3.8) is 0 Å². The van der Waals surface area contributed by atoms with Gasteiger partial charge in [-0.3, -0.25) is 14.7 Å². The van der Waals surface area contributed by atoms with Crippen LogP contribution in [-0.4, -0.2) is 33.5 Å². The first-order chi connectivity index (χ1) is 11.2. The molecule has 0 aliphatic carbocycles. The van der Waals surface area contributed by atoms with E-state index in [9.17, 15) is 14.4 Å². The number of nitrogens with zero attached hydrogens (tertiary/aromatic N) is 1. The standard InChI is InChI=1S/C16H19N3O4S/c1-5-23-15(22)9-8-17-19-10(9)6-11-14(21)18-13(24-11)7-12(20)16(2,3)4/h6-8H,5H2,1-4H3,(H,17,19)(H,18,21). The number of ether oxygens (including phenoxy) is 1. The van der Waals surface area contributed by atoms with Crippen molar-refractivity contribution >= 4 is 35.2 Å². The molecule has 0 unspecified atom stereocenters. The average Bonchev–Trinajstić information content (AvgIpc) is 3.06. The lowest BCUT2D eigenvalue weighted by atomic mass is 9.91. The maximum Gasteiger partial charge on any atom is 0.341 e. The lowest BCUT2D eigenvalue weighted by Gasteiger charge is -2.12. The summed E-state index contributed by atoms with van der Waals surface area (Å²) in [4.78, 5) is 38.5. The zero-order valence-electron chi connectivity index (χ0n) is 13.9. The zero-order valence-corrected chi connectivity index (χ0v) is 14.7. The molecular weight excluding hydrogens is 330 g/mol. The van der Waals surface area contributed by atoms with E-state index in [1.807, 2.05) is 0 Å². The lowest BCUT2D eigenvalue weighted by molar-refractivity contribution is -0.119. The normalized spacial score (nSPS) is 13.3. The number of ketones is 1. The van der Waals surface area contributed by atoms with Crippen LogP contribution in [0.5, 0.6) is 0 Å². The van der Waals surface area contributed by atoms with E-state index in [2.05, 4.69) is 15.2 Å². The van der Waals surface area contributed by atoms with Gasteiger partial charge in [0, 0.05) is 11.5 Å². The number of rotatable bonds is 4. The molecule has 7 nitrogen and oxygen atoms in total. The Balaban J connectivity index is 2.45. The summed E-state index contributed by atoms with van der Waals surface area (Å²) in [6.45, 7) is 7.37. The predicted molar refractivity (Wildman–Crippen MR) is 91.2 cm³/mol. The quantitative estimate of drug-likeness (QED) is 0.785. The molecule has 0 saturated carbocycles. The van der Waals surface area contributed by atoms with Gasteiger partial charge in [0.05, 0.1) is 27.7 Å². The number of hydrogen-bond acceptors (Lipinski definition) is 6. The molecule has 128 valence electrons. The number of H-pyrrole nitrogens is 2. The summed E-state index contributed by atoms with van der Waals surface area (Å²) < 4.78 is 5.76. The molecular formula is C16H19N3O4S. The van der Waals surface area contributed by atoms with Crippen molar-refractivity contribution in [1.82, 2.24) is 15.2 Å². The van der Waals surface area contributed by atoms with Gasteiger partial charge in [0.25, 0.3) is 5.56 Å². The Kier molecular flexibility index (Phi) is 5.18. The Morgan fingerprint density at radius 2 is 2.08 bits per heavy atom. The third-order valence-corrected chi connectivity index (χ3v) is 4.08. The van der Waals surface area contributed by atoms with Crippen molar-refractivity contribution < 1.29 is 14.3 Å². The number of hydrogen-bond donors (Lipinski definition) is 2. The minimum absolute atomic E-state index is 0.0831. The van der Waals surface area contributed by atoms with E-state index in [-0.39, 0.29) is 23.5 Å². The summed E-state index contributed by atoms with van der Waals surface area (Å²) in [7, 11) is 0. The first-order valence-corrected chi connectivity index (χ1v) is 8.21. The molecule has 2 N–H and O–H groups in total. The number of carbonyl (C=O) groups is 2. The third kappa shape index (κ3) is 4.08. The number of nitrogens with one attached hydrogen (secondary N) is 2. The van der Waals surface area contributed by atoms with Gasteiger partial charge in [0.2, 0.25) is 0 Å². The molecule has 0 spiro atoms. The van der Waals surface area contributed by atoms with Crippen molar-refractivity contribution in [3.05, 3.63) is 37.0 Å². The summed E-state index contributed by atoms with van der Waals surface area (Å²) in [5.41, 5.74) is -0.224. The van der Waals surface area contributed by atoms with Gasteiger partial charge >= 0.3 is 5.97 Å². The summed E-state index contributed by atoms with van der Waals surface area (Å²) in [6, 6.07) is 0. The number of aromatic nitrogens is 3. The van der Waals surface area contributed by atoms with Gasteiger partial charge in [-0.25, -0.2) is 4.79 Å². The van der Waals surface area contributed by atoms with Crippen LogP contribution in [0.15, 0.2) is 11.0 Å². The van der Waals surface area contributed by atoms with Crippen LogP contribution in [0.25, 0.3) is 12.2 Å².